The Labute approximate surface area is 133 Å². The predicted octanol–water partition coefficient (Wildman–Crippen LogP) is 5.21. The van der Waals surface area contributed by atoms with Gasteiger partial charge in [0.1, 0.15) is 0 Å². The van der Waals surface area contributed by atoms with Crippen LogP contribution < -0.4 is 0 Å². The number of hydrogen-bond donors (Lipinski definition) is 0. The van der Waals surface area contributed by atoms with Crippen molar-refractivity contribution in [1.29, 1.82) is 0 Å². The lowest BCUT2D eigenvalue weighted by Gasteiger charge is -2.36. The summed E-state index contributed by atoms with van der Waals surface area (Å²) in [6, 6.07) is 3.12. The fraction of sp³-hybridized carbons (Fsp3) is 0.400. The van der Waals surface area contributed by atoms with Crippen LogP contribution in [0.2, 0.25) is 0 Å². The van der Waals surface area contributed by atoms with Crippen molar-refractivity contribution >= 4 is 12.2 Å². The number of carbonyl (C=O) groups is 1. The first kappa shape index (κ1) is 19.9. The van der Waals surface area contributed by atoms with Gasteiger partial charge in [0, 0.05) is 5.56 Å². The van der Waals surface area contributed by atoms with Crippen LogP contribution in [0, 0.1) is 0 Å². The van der Waals surface area contributed by atoms with Crippen LogP contribution in [0.25, 0.3) is 6.08 Å². The zero-order valence-corrected chi connectivity index (χ0v) is 12.7. The summed E-state index contributed by atoms with van der Waals surface area (Å²) in [6.07, 6.45) is -13.7. The van der Waals surface area contributed by atoms with Gasteiger partial charge >= 0.3 is 24.1 Å². The van der Waals surface area contributed by atoms with E-state index in [2.05, 4.69) is 16.1 Å². The summed E-state index contributed by atoms with van der Waals surface area (Å²) in [5.41, 5.74) is -5.85. The molecule has 0 aliphatic carbocycles. The molecule has 0 fully saturated rings. The van der Waals surface area contributed by atoms with Gasteiger partial charge in [0.2, 0.25) is 0 Å². The summed E-state index contributed by atoms with van der Waals surface area (Å²) in [5, 5.41) is 0. The zero-order chi connectivity index (χ0) is 18.8. The topological polar surface area (TPSA) is 35.5 Å². The van der Waals surface area contributed by atoms with Crippen molar-refractivity contribution < 1.29 is 40.6 Å². The predicted molar refractivity (Wildman–Crippen MR) is 73.0 cm³/mol. The maximum absolute atomic E-state index is 13.4. The third-order valence-electron chi connectivity index (χ3n) is 2.92. The van der Waals surface area contributed by atoms with Crippen molar-refractivity contribution in [2.24, 2.45) is 0 Å². The smallest absolute Gasteiger partial charge is 0.432 e. The highest BCUT2D eigenvalue weighted by atomic mass is 19.4. The monoisotopic (exact) mass is 356 g/mol. The molecule has 1 rings (SSSR count). The second-order valence-corrected chi connectivity index (χ2v) is 5.02. The summed E-state index contributed by atoms with van der Waals surface area (Å²) in [4.78, 5) is 11.4. The van der Waals surface area contributed by atoms with E-state index < -0.39 is 35.8 Å². The molecule has 0 saturated heterocycles. The average Bonchev–Trinajstić information content (AvgIpc) is 2.41. The summed E-state index contributed by atoms with van der Waals surface area (Å²) < 4.78 is 88.3. The third kappa shape index (κ3) is 3.82. The molecule has 134 valence electrons. The third-order valence-corrected chi connectivity index (χ3v) is 2.92. The highest BCUT2D eigenvalue weighted by molar-refractivity contribution is 5.62. The first-order chi connectivity index (χ1) is 10.8. The number of halogens is 6. The zero-order valence-electron chi connectivity index (χ0n) is 12.7. The quantitative estimate of drug-likeness (QED) is 0.549. The van der Waals surface area contributed by atoms with Gasteiger partial charge in [-0.2, -0.15) is 26.3 Å². The SMILES string of the molecule is C=Cc1ccc(C(OC(=O)OC(C)C)(C(F)(F)F)C(F)(F)F)cc1. The molecule has 1 aromatic carbocycles. The molecule has 0 radical (unpaired) electrons. The van der Waals surface area contributed by atoms with Gasteiger partial charge in [-0.25, -0.2) is 4.79 Å². The van der Waals surface area contributed by atoms with Crippen LogP contribution in [-0.2, 0) is 15.1 Å². The number of hydrogen-bond acceptors (Lipinski definition) is 3. The molecule has 0 spiro atoms. The number of ether oxygens (including phenoxy) is 2. The standard InChI is InChI=1S/C15H14F6O3/c1-4-10-5-7-11(8-6-10)13(14(16,17)18,15(19,20)21)24-12(22)23-9(2)3/h4-9H,1H2,2-3H3. The van der Waals surface area contributed by atoms with Gasteiger partial charge in [0.25, 0.3) is 0 Å². The Hall–Kier alpha value is -2.19. The number of benzene rings is 1. The van der Waals surface area contributed by atoms with Crippen molar-refractivity contribution in [3.63, 3.8) is 0 Å². The van der Waals surface area contributed by atoms with E-state index in [1.54, 1.807) is 0 Å². The Bertz CT molecular complexity index is 573. The van der Waals surface area contributed by atoms with Gasteiger partial charge in [0.15, 0.2) is 0 Å². The van der Waals surface area contributed by atoms with E-state index in [-0.39, 0.29) is 0 Å². The summed E-state index contributed by atoms with van der Waals surface area (Å²) in [6.45, 7) is 5.86. The second-order valence-electron chi connectivity index (χ2n) is 5.02. The molecular formula is C15H14F6O3. The molecule has 24 heavy (non-hydrogen) atoms. The Morgan fingerprint density at radius 1 is 1.04 bits per heavy atom. The van der Waals surface area contributed by atoms with Crippen LogP contribution in [-0.4, -0.2) is 24.6 Å². The first-order valence-corrected chi connectivity index (χ1v) is 6.61. The van der Waals surface area contributed by atoms with Gasteiger partial charge in [-0.05, 0) is 19.4 Å². The minimum atomic E-state index is -5.96. The Kier molecular flexibility index (Phi) is 5.58. The van der Waals surface area contributed by atoms with Gasteiger partial charge in [-0.3, -0.25) is 0 Å². The maximum Gasteiger partial charge on any atom is 0.510 e. The lowest BCUT2D eigenvalue weighted by atomic mass is 9.91. The molecule has 0 amide bonds. The van der Waals surface area contributed by atoms with Crippen molar-refractivity contribution in [3.8, 4) is 0 Å². The molecule has 0 unspecified atom stereocenters. The number of alkyl halides is 6. The van der Waals surface area contributed by atoms with E-state index >= 15 is 0 Å². The minimum Gasteiger partial charge on any atom is -0.432 e. The van der Waals surface area contributed by atoms with Gasteiger partial charge in [0.05, 0.1) is 6.10 Å². The lowest BCUT2D eigenvalue weighted by Crippen LogP contribution is -2.57. The van der Waals surface area contributed by atoms with Gasteiger partial charge < -0.3 is 9.47 Å². The summed E-state index contributed by atoms with van der Waals surface area (Å²) >= 11 is 0. The Balaban J connectivity index is 3.52. The molecule has 0 heterocycles. The average molecular weight is 356 g/mol. The van der Waals surface area contributed by atoms with Gasteiger partial charge in [-0.1, -0.05) is 36.9 Å². The first-order valence-electron chi connectivity index (χ1n) is 6.61. The van der Waals surface area contributed by atoms with Crippen LogP contribution in [0.15, 0.2) is 30.8 Å². The van der Waals surface area contributed by atoms with E-state index in [9.17, 15) is 31.1 Å². The molecule has 0 atom stereocenters. The Morgan fingerprint density at radius 3 is 1.83 bits per heavy atom. The molecule has 0 aliphatic rings. The minimum absolute atomic E-state index is 0.293. The molecule has 0 aliphatic heterocycles. The van der Waals surface area contributed by atoms with E-state index in [0.717, 1.165) is 12.1 Å². The number of rotatable bonds is 4. The molecule has 3 nitrogen and oxygen atoms in total. The van der Waals surface area contributed by atoms with Crippen LogP contribution in [0.4, 0.5) is 31.1 Å². The summed E-state index contributed by atoms with van der Waals surface area (Å²) in [7, 11) is 0. The van der Waals surface area contributed by atoms with E-state index in [1.165, 1.54) is 19.9 Å². The molecule has 9 heteroatoms. The highest BCUT2D eigenvalue weighted by Gasteiger charge is 2.75. The van der Waals surface area contributed by atoms with Crippen LogP contribution >= 0.6 is 0 Å². The molecule has 1 aromatic rings. The molecule has 0 N–H and O–H groups in total. The largest absolute Gasteiger partial charge is 0.510 e. The van der Waals surface area contributed by atoms with Crippen molar-refractivity contribution in [3.05, 3.63) is 42.0 Å². The van der Waals surface area contributed by atoms with Crippen molar-refractivity contribution in [1.82, 2.24) is 0 Å². The van der Waals surface area contributed by atoms with E-state index in [1.807, 2.05) is 0 Å². The van der Waals surface area contributed by atoms with Crippen LogP contribution in [0.5, 0.6) is 0 Å². The van der Waals surface area contributed by atoms with E-state index in [0.29, 0.717) is 17.7 Å². The van der Waals surface area contributed by atoms with Crippen molar-refractivity contribution in [2.75, 3.05) is 0 Å². The molecular weight excluding hydrogens is 342 g/mol. The molecule has 0 saturated carbocycles. The fourth-order valence-electron chi connectivity index (χ4n) is 1.86. The van der Waals surface area contributed by atoms with Crippen LogP contribution in [0.3, 0.4) is 0 Å². The number of carbonyl (C=O) groups excluding carboxylic acids is 1. The molecule has 0 aromatic heterocycles. The lowest BCUT2D eigenvalue weighted by molar-refractivity contribution is -0.376. The van der Waals surface area contributed by atoms with Gasteiger partial charge in [-0.15, -0.1) is 0 Å². The second kappa shape index (κ2) is 6.74. The van der Waals surface area contributed by atoms with Crippen molar-refractivity contribution in [2.45, 2.75) is 37.9 Å². The molecule has 0 bridgehead atoms. The highest BCUT2D eigenvalue weighted by Crippen LogP contribution is 2.53. The van der Waals surface area contributed by atoms with Crippen LogP contribution in [0.1, 0.15) is 25.0 Å². The van der Waals surface area contributed by atoms with E-state index in [4.69, 9.17) is 0 Å². The normalized spacial score (nSPS) is 12.9. The summed E-state index contributed by atoms with van der Waals surface area (Å²) in [5.74, 6) is 0. The Morgan fingerprint density at radius 2 is 1.50 bits per heavy atom. The fourth-order valence-corrected chi connectivity index (χ4v) is 1.86. The maximum atomic E-state index is 13.4.